The van der Waals surface area contributed by atoms with Gasteiger partial charge in [0, 0.05) is 20.6 Å². The van der Waals surface area contributed by atoms with Crippen LogP contribution in [0.15, 0.2) is 58.2 Å². The highest BCUT2D eigenvalue weighted by atomic mass is 32.2. The normalized spacial score (nSPS) is 15.2. The molecule has 0 saturated carbocycles. The van der Waals surface area contributed by atoms with E-state index in [1.807, 2.05) is 37.3 Å². The Morgan fingerprint density at radius 3 is 2.66 bits per heavy atom. The smallest absolute Gasteiger partial charge is 0.296 e. The summed E-state index contributed by atoms with van der Waals surface area (Å²) in [5, 5.41) is 2.62. The molecule has 1 aliphatic rings. The fraction of sp³-hybridized carbons (Fsp3) is 0.346. The van der Waals surface area contributed by atoms with Gasteiger partial charge in [-0.25, -0.2) is 22.1 Å². The van der Waals surface area contributed by atoms with Gasteiger partial charge in [-0.2, -0.15) is 0 Å². The number of aromatic nitrogens is 2. The average molecular weight is 545 g/mol. The third-order valence-corrected chi connectivity index (χ3v) is 8.02. The van der Waals surface area contributed by atoms with Crippen LogP contribution in [0.4, 0.5) is 4.39 Å². The van der Waals surface area contributed by atoms with Gasteiger partial charge in [0.25, 0.3) is 11.5 Å². The number of hydrogen-bond donors (Lipinski definition) is 1. The predicted octanol–water partition coefficient (Wildman–Crippen LogP) is 2.62. The van der Waals surface area contributed by atoms with Gasteiger partial charge in [0.15, 0.2) is 5.69 Å². The second kappa shape index (κ2) is 11.4. The molecule has 1 N–H and O–H groups in total. The molecule has 2 aromatic carbocycles. The number of rotatable bonds is 9. The van der Waals surface area contributed by atoms with Crippen molar-refractivity contribution in [3.05, 3.63) is 87.3 Å². The molecule has 202 valence electrons. The van der Waals surface area contributed by atoms with Crippen LogP contribution in [-0.4, -0.2) is 48.9 Å². The molecular formula is C26H29FN4O6S. The first-order chi connectivity index (χ1) is 18.1. The summed E-state index contributed by atoms with van der Waals surface area (Å²) in [6, 6.07) is 12.5. The molecule has 1 aromatic heterocycles. The van der Waals surface area contributed by atoms with Gasteiger partial charge >= 0.3 is 0 Å². The minimum atomic E-state index is -3.99. The minimum Gasteiger partial charge on any atom is -0.481 e. The molecule has 4 rings (SSSR count). The number of ether oxygens (including phenoxy) is 2. The maximum absolute atomic E-state index is 13.9. The van der Waals surface area contributed by atoms with E-state index >= 15 is 0 Å². The Labute approximate surface area is 220 Å². The lowest BCUT2D eigenvalue weighted by molar-refractivity contribution is 0.0112. The Hall–Kier alpha value is -3.61. The van der Waals surface area contributed by atoms with Crippen LogP contribution >= 0.6 is 0 Å². The van der Waals surface area contributed by atoms with E-state index in [1.165, 1.54) is 24.7 Å². The Morgan fingerprint density at radius 2 is 1.97 bits per heavy atom. The first-order valence-corrected chi connectivity index (χ1v) is 13.5. The van der Waals surface area contributed by atoms with Crippen molar-refractivity contribution in [1.29, 1.82) is 0 Å². The molecule has 0 aliphatic carbocycles. The quantitative estimate of drug-likeness (QED) is 0.440. The molecule has 2 heterocycles. The summed E-state index contributed by atoms with van der Waals surface area (Å²) in [5.74, 6) is -1.37. The summed E-state index contributed by atoms with van der Waals surface area (Å²) in [4.78, 5) is 31.0. The van der Waals surface area contributed by atoms with E-state index in [2.05, 4.69) is 10.3 Å². The highest BCUT2D eigenvalue weighted by Crippen LogP contribution is 2.26. The molecule has 1 atom stereocenters. The van der Waals surface area contributed by atoms with Gasteiger partial charge in [-0.05, 0) is 29.7 Å². The minimum absolute atomic E-state index is 0.0360. The monoisotopic (exact) mass is 544 g/mol. The molecule has 0 radical (unpaired) electrons. The van der Waals surface area contributed by atoms with Crippen molar-refractivity contribution in [2.24, 2.45) is 0 Å². The molecule has 3 aromatic rings. The van der Waals surface area contributed by atoms with Crippen LogP contribution in [0.5, 0.6) is 5.75 Å². The van der Waals surface area contributed by atoms with E-state index in [1.54, 1.807) is 0 Å². The van der Waals surface area contributed by atoms with Gasteiger partial charge in [-0.3, -0.25) is 14.2 Å². The molecule has 0 fully saturated rings. The molecule has 38 heavy (non-hydrogen) atoms. The molecule has 0 bridgehead atoms. The molecular weight excluding hydrogens is 515 g/mol. The number of nitrogens with zero attached hydrogens (tertiary/aromatic N) is 3. The second-order valence-corrected chi connectivity index (χ2v) is 11.0. The van der Waals surface area contributed by atoms with E-state index in [4.69, 9.17) is 9.47 Å². The van der Waals surface area contributed by atoms with Crippen molar-refractivity contribution >= 4 is 15.9 Å². The van der Waals surface area contributed by atoms with E-state index in [9.17, 15) is 22.4 Å². The maximum Gasteiger partial charge on any atom is 0.296 e. The zero-order valence-electron chi connectivity index (χ0n) is 21.3. The predicted molar refractivity (Wildman–Crippen MR) is 137 cm³/mol. The molecule has 1 unspecified atom stereocenters. The van der Waals surface area contributed by atoms with Gasteiger partial charge in [-0.1, -0.05) is 43.3 Å². The lowest BCUT2D eigenvalue weighted by Gasteiger charge is -2.26. The number of fused-ring (bicyclic) bond motifs is 1. The van der Waals surface area contributed by atoms with Crippen LogP contribution in [0.3, 0.4) is 0 Å². The maximum atomic E-state index is 13.9. The number of nitrogens with one attached hydrogen (secondary N) is 1. The average Bonchev–Trinajstić information content (AvgIpc) is 2.91. The SMILES string of the molecule is CCC1OCCn2c1nc(C(=O)NCc1ccc(F)cc1S(=O)(=O)N(C)C)c(OCc1ccccc1)c2=O. The van der Waals surface area contributed by atoms with Crippen LogP contribution in [0.1, 0.15) is 46.9 Å². The molecule has 1 aliphatic heterocycles. The van der Waals surface area contributed by atoms with Crippen LogP contribution in [-0.2, 0) is 34.5 Å². The van der Waals surface area contributed by atoms with Crippen molar-refractivity contribution in [3.63, 3.8) is 0 Å². The summed E-state index contributed by atoms with van der Waals surface area (Å²) < 4.78 is 53.3. The van der Waals surface area contributed by atoms with Crippen LogP contribution in [0, 0.1) is 5.82 Å². The number of carbonyl (C=O) groups is 1. The van der Waals surface area contributed by atoms with Crippen molar-refractivity contribution in [1.82, 2.24) is 19.2 Å². The van der Waals surface area contributed by atoms with Crippen molar-refractivity contribution in [2.75, 3.05) is 20.7 Å². The number of benzene rings is 2. The Bertz CT molecular complexity index is 1490. The zero-order chi connectivity index (χ0) is 27.4. The van der Waals surface area contributed by atoms with Crippen LogP contribution in [0.25, 0.3) is 0 Å². The Morgan fingerprint density at radius 1 is 1.24 bits per heavy atom. The Balaban J connectivity index is 1.69. The van der Waals surface area contributed by atoms with Gasteiger partial charge in [0.1, 0.15) is 24.4 Å². The van der Waals surface area contributed by atoms with Crippen molar-refractivity contribution in [3.8, 4) is 5.75 Å². The van der Waals surface area contributed by atoms with Gasteiger partial charge in [0.2, 0.25) is 15.8 Å². The van der Waals surface area contributed by atoms with Gasteiger partial charge < -0.3 is 14.8 Å². The number of carbonyl (C=O) groups excluding carboxylic acids is 1. The molecule has 0 spiro atoms. The van der Waals surface area contributed by atoms with Crippen molar-refractivity contribution in [2.45, 2.75) is 44.0 Å². The summed E-state index contributed by atoms with van der Waals surface area (Å²) in [6.45, 7) is 2.25. The number of hydrogen-bond acceptors (Lipinski definition) is 7. The largest absolute Gasteiger partial charge is 0.481 e. The Kier molecular flexibility index (Phi) is 8.24. The van der Waals surface area contributed by atoms with Gasteiger partial charge in [0.05, 0.1) is 18.0 Å². The summed E-state index contributed by atoms with van der Waals surface area (Å²) in [5.41, 5.74) is 0.223. The number of halogens is 1. The molecule has 0 saturated heterocycles. The van der Waals surface area contributed by atoms with Crippen LogP contribution in [0.2, 0.25) is 0 Å². The summed E-state index contributed by atoms with van der Waals surface area (Å²) in [7, 11) is -1.33. The first kappa shape index (κ1) is 27.4. The molecule has 10 nitrogen and oxygen atoms in total. The number of amides is 1. The topological polar surface area (TPSA) is 120 Å². The van der Waals surface area contributed by atoms with E-state index in [-0.39, 0.29) is 41.6 Å². The standard InChI is InChI=1S/C26H29FN4O6S/c1-4-20-24-29-22(23(26(33)31(24)12-13-36-20)37-16-17-8-6-5-7-9-17)25(32)28-15-18-10-11-19(27)14-21(18)38(34,35)30(2)3/h5-11,14,20H,4,12-13,15-16H2,1-3H3,(H,28,32). The second-order valence-electron chi connectivity index (χ2n) is 8.87. The van der Waals surface area contributed by atoms with Gasteiger partial charge in [-0.15, -0.1) is 0 Å². The summed E-state index contributed by atoms with van der Waals surface area (Å²) >= 11 is 0. The molecule has 12 heteroatoms. The van der Waals surface area contributed by atoms with Crippen molar-refractivity contribution < 1.29 is 27.1 Å². The number of sulfonamides is 1. The highest BCUT2D eigenvalue weighted by Gasteiger charge is 2.30. The summed E-state index contributed by atoms with van der Waals surface area (Å²) in [6.07, 6.45) is 0.0686. The lowest BCUT2D eigenvalue weighted by Crippen LogP contribution is -2.37. The lowest BCUT2D eigenvalue weighted by atomic mass is 10.2. The zero-order valence-corrected chi connectivity index (χ0v) is 22.1. The highest BCUT2D eigenvalue weighted by molar-refractivity contribution is 7.89. The third-order valence-electron chi connectivity index (χ3n) is 6.12. The molecule has 1 amide bonds. The van der Waals surface area contributed by atoms with E-state index in [0.29, 0.717) is 18.9 Å². The van der Waals surface area contributed by atoms with E-state index in [0.717, 1.165) is 22.0 Å². The third kappa shape index (κ3) is 5.62. The van der Waals surface area contributed by atoms with E-state index < -0.39 is 33.4 Å². The fourth-order valence-corrected chi connectivity index (χ4v) is 5.19. The van der Waals surface area contributed by atoms with Crippen LogP contribution < -0.4 is 15.6 Å². The first-order valence-electron chi connectivity index (χ1n) is 12.1. The fourth-order valence-electron chi connectivity index (χ4n) is 4.06.